The van der Waals surface area contributed by atoms with Crippen LogP contribution in [-0.4, -0.2) is 5.11 Å². The molecule has 0 aliphatic rings. The number of benzene rings is 1. The molecule has 2 nitrogen and oxygen atoms in total. The molecule has 100 valence electrons. The standard InChI is InChI=1S/C16H24O2/c1-6-15(4,17)13-10-9-11-14(12-13)16(5,7-2)18-8-3/h8-12,17H,3,6-7H2,1-2,4-5H3. The molecule has 0 saturated heterocycles. The third-order valence-corrected chi connectivity index (χ3v) is 3.80. The molecule has 1 aromatic rings. The zero-order chi connectivity index (χ0) is 13.8. The van der Waals surface area contributed by atoms with Crippen LogP contribution in [0.4, 0.5) is 0 Å². The highest BCUT2D eigenvalue weighted by Crippen LogP contribution is 2.32. The summed E-state index contributed by atoms with van der Waals surface area (Å²) in [5.41, 5.74) is 0.811. The van der Waals surface area contributed by atoms with E-state index in [0.717, 1.165) is 17.5 Å². The normalized spacial score (nSPS) is 17.6. The molecule has 0 heterocycles. The van der Waals surface area contributed by atoms with Gasteiger partial charge in [-0.3, -0.25) is 0 Å². The number of hydrogen-bond donors (Lipinski definition) is 1. The first kappa shape index (κ1) is 14.8. The first-order chi connectivity index (χ1) is 8.39. The summed E-state index contributed by atoms with van der Waals surface area (Å²) >= 11 is 0. The van der Waals surface area contributed by atoms with Crippen molar-refractivity contribution < 1.29 is 9.84 Å². The van der Waals surface area contributed by atoms with Gasteiger partial charge in [0.25, 0.3) is 0 Å². The lowest BCUT2D eigenvalue weighted by Gasteiger charge is -2.30. The maximum atomic E-state index is 10.3. The van der Waals surface area contributed by atoms with Gasteiger partial charge < -0.3 is 9.84 Å². The molecule has 1 rings (SSSR count). The van der Waals surface area contributed by atoms with Gasteiger partial charge in [-0.05, 0) is 43.9 Å². The summed E-state index contributed by atoms with van der Waals surface area (Å²) in [6.07, 6.45) is 3.01. The lowest BCUT2D eigenvalue weighted by atomic mass is 9.86. The summed E-state index contributed by atoms with van der Waals surface area (Å²) < 4.78 is 5.65. The fourth-order valence-corrected chi connectivity index (χ4v) is 1.93. The zero-order valence-electron chi connectivity index (χ0n) is 11.9. The number of hydrogen-bond acceptors (Lipinski definition) is 2. The summed E-state index contributed by atoms with van der Waals surface area (Å²) in [5.74, 6) is 0. The molecule has 0 aliphatic heterocycles. The Morgan fingerprint density at radius 2 is 1.83 bits per heavy atom. The lowest BCUT2D eigenvalue weighted by molar-refractivity contribution is 0.0311. The van der Waals surface area contributed by atoms with Crippen LogP contribution in [0.3, 0.4) is 0 Å². The van der Waals surface area contributed by atoms with Gasteiger partial charge >= 0.3 is 0 Å². The Hall–Kier alpha value is -1.28. The monoisotopic (exact) mass is 248 g/mol. The van der Waals surface area contributed by atoms with Crippen molar-refractivity contribution in [2.75, 3.05) is 0 Å². The molecule has 0 bridgehead atoms. The molecule has 0 saturated carbocycles. The smallest absolute Gasteiger partial charge is 0.130 e. The minimum Gasteiger partial charge on any atom is -0.491 e. The second-order valence-electron chi connectivity index (χ2n) is 5.08. The van der Waals surface area contributed by atoms with Crippen LogP contribution in [0.25, 0.3) is 0 Å². The minimum atomic E-state index is -0.793. The van der Waals surface area contributed by atoms with Gasteiger partial charge in [0.15, 0.2) is 0 Å². The summed E-state index contributed by atoms with van der Waals surface area (Å²) in [4.78, 5) is 0. The first-order valence-electron chi connectivity index (χ1n) is 6.51. The molecule has 1 aromatic carbocycles. The Balaban J connectivity index is 3.19. The molecule has 0 radical (unpaired) electrons. The average molecular weight is 248 g/mol. The Morgan fingerprint density at radius 1 is 1.22 bits per heavy atom. The Morgan fingerprint density at radius 3 is 2.33 bits per heavy atom. The van der Waals surface area contributed by atoms with E-state index in [1.807, 2.05) is 45.0 Å². The largest absolute Gasteiger partial charge is 0.491 e. The molecule has 0 spiro atoms. The molecule has 2 unspecified atom stereocenters. The maximum Gasteiger partial charge on any atom is 0.130 e. The van der Waals surface area contributed by atoms with Crippen LogP contribution in [0.2, 0.25) is 0 Å². The molecule has 1 N–H and O–H groups in total. The van der Waals surface area contributed by atoms with Crippen molar-refractivity contribution in [2.24, 2.45) is 0 Å². The van der Waals surface area contributed by atoms with Gasteiger partial charge in [-0.1, -0.05) is 38.6 Å². The molecular formula is C16H24O2. The van der Waals surface area contributed by atoms with E-state index in [-0.39, 0.29) is 5.60 Å². The molecule has 0 aliphatic carbocycles. The number of ether oxygens (including phenoxy) is 1. The molecule has 2 heteroatoms. The predicted molar refractivity (Wildman–Crippen MR) is 75.2 cm³/mol. The molecule has 0 aromatic heterocycles. The lowest BCUT2D eigenvalue weighted by Crippen LogP contribution is -2.25. The minimum absolute atomic E-state index is 0.387. The van der Waals surface area contributed by atoms with E-state index in [2.05, 4.69) is 13.5 Å². The van der Waals surface area contributed by atoms with E-state index in [1.54, 1.807) is 0 Å². The van der Waals surface area contributed by atoms with Gasteiger partial charge in [-0.2, -0.15) is 0 Å². The number of aliphatic hydroxyl groups is 1. The average Bonchev–Trinajstić information content (AvgIpc) is 2.39. The molecule has 18 heavy (non-hydrogen) atoms. The van der Waals surface area contributed by atoms with Crippen molar-refractivity contribution in [1.29, 1.82) is 0 Å². The third-order valence-electron chi connectivity index (χ3n) is 3.80. The van der Waals surface area contributed by atoms with Crippen molar-refractivity contribution in [3.05, 3.63) is 48.2 Å². The summed E-state index contributed by atoms with van der Waals surface area (Å²) in [7, 11) is 0. The highest BCUT2D eigenvalue weighted by atomic mass is 16.5. The SMILES string of the molecule is C=COC(C)(CC)c1cccc(C(C)(O)CC)c1. The molecule has 2 atom stereocenters. The van der Waals surface area contributed by atoms with Crippen LogP contribution < -0.4 is 0 Å². The topological polar surface area (TPSA) is 29.5 Å². The van der Waals surface area contributed by atoms with Crippen LogP contribution in [0.15, 0.2) is 37.1 Å². The zero-order valence-corrected chi connectivity index (χ0v) is 11.9. The van der Waals surface area contributed by atoms with Gasteiger partial charge in [0, 0.05) is 0 Å². The van der Waals surface area contributed by atoms with Crippen LogP contribution in [0.5, 0.6) is 0 Å². The Bertz CT molecular complexity index is 409. The van der Waals surface area contributed by atoms with E-state index in [1.165, 1.54) is 6.26 Å². The molecule has 0 fully saturated rings. The van der Waals surface area contributed by atoms with E-state index in [0.29, 0.717) is 6.42 Å². The third kappa shape index (κ3) is 2.94. The van der Waals surface area contributed by atoms with Crippen LogP contribution in [0, 0.1) is 0 Å². The fourth-order valence-electron chi connectivity index (χ4n) is 1.93. The Labute approximate surface area is 110 Å². The maximum absolute atomic E-state index is 10.3. The van der Waals surface area contributed by atoms with Crippen LogP contribution in [0.1, 0.15) is 51.7 Å². The highest BCUT2D eigenvalue weighted by molar-refractivity contribution is 5.31. The van der Waals surface area contributed by atoms with Crippen molar-refractivity contribution in [3.63, 3.8) is 0 Å². The summed E-state index contributed by atoms with van der Waals surface area (Å²) in [6, 6.07) is 7.98. The van der Waals surface area contributed by atoms with Gasteiger partial charge in [0.1, 0.15) is 5.60 Å². The summed E-state index contributed by atoms with van der Waals surface area (Å²) in [5, 5.41) is 10.3. The van der Waals surface area contributed by atoms with Crippen molar-refractivity contribution in [3.8, 4) is 0 Å². The van der Waals surface area contributed by atoms with Crippen LogP contribution in [-0.2, 0) is 15.9 Å². The van der Waals surface area contributed by atoms with E-state index in [4.69, 9.17) is 4.74 Å². The highest BCUT2D eigenvalue weighted by Gasteiger charge is 2.28. The van der Waals surface area contributed by atoms with Crippen LogP contribution >= 0.6 is 0 Å². The quantitative estimate of drug-likeness (QED) is 0.768. The molecular weight excluding hydrogens is 224 g/mol. The van der Waals surface area contributed by atoms with E-state index >= 15 is 0 Å². The predicted octanol–water partition coefficient (Wildman–Crippen LogP) is 4.09. The second kappa shape index (κ2) is 5.57. The van der Waals surface area contributed by atoms with Gasteiger partial charge in [0.2, 0.25) is 0 Å². The van der Waals surface area contributed by atoms with E-state index in [9.17, 15) is 5.11 Å². The van der Waals surface area contributed by atoms with Crippen molar-refractivity contribution >= 4 is 0 Å². The first-order valence-corrected chi connectivity index (χ1v) is 6.51. The van der Waals surface area contributed by atoms with Gasteiger partial charge in [-0.15, -0.1) is 0 Å². The van der Waals surface area contributed by atoms with Crippen molar-refractivity contribution in [2.45, 2.75) is 51.7 Å². The fraction of sp³-hybridized carbons (Fsp3) is 0.500. The number of rotatable bonds is 6. The molecule has 0 amide bonds. The van der Waals surface area contributed by atoms with E-state index < -0.39 is 5.60 Å². The van der Waals surface area contributed by atoms with Gasteiger partial charge in [0.05, 0.1) is 11.9 Å². The van der Waals surface area contributed by atoms with Crippen molar-refractivity contribution in [1.82, 2.24) is 0 Å². The van der Waals surface area contributed by atoms with Gasteiger partial charge in [-0.25, -0.2) is 0 Å². The Kier molecular flexibility index (Phi) is 4.58. The second-order valence-corrected chi connectivity index (χ2v) is 5.08. The summed E-state index contributed by atoms with van der Waals surface area (Å²) in [6.45, 7) is 11.6.